The molecule has 0 fully saturated rings. The van der Waals surface area contributed by atoms with E-state index >= 15 is 0 Å². The minimum absolute atomic E-state index is 0.0304. The number of carbonyl (C=O) groups is 2. The lowest BCUT2D eigenvalue weighted by Crippen LogP contribution is -2.27. The van der Waals surface area contributed by atoms with Gasteiger partial charge in [0.05, 0.1) is 0 Å². The van der Waals surface area contributed by atoms with Crippen molar-refractivity contribution in [2.24, 2.45) is 0 Å². The molecule has 4 nitrogen and oxygen atoms in total. The van der Waals surface area contributed by atoms with Crippen LogP contribution in [-0.2, 0) is 9.53 Å². The zero-order chi connectivity index (χ0) is 13.8. The van der Waals surface area contributed by atoms with Crippen LogP contribution in [0.15, 0.2) is 29.2 Å². The van der Waals surface area contributed by atoms with Gasteiger partial charge in [-0.1, -0.05) is 11.8 Å². The highest BCUT2D eigenvalue weighted by Gasteiger charge is 2.16. The van der Waals surface area contributed by atoms with Crippen LogP contribution in [0, 0.1) is 0 Å². The fourth-order valence-electron chi connectivity index (χ4n) is 1.19. The van der Waals surface area contributed by atoms with Gasteiger partial charge in [-0.05, 0) is 45.0 Å². The van der Waals surface area contributed by atoms with Crippen molar-refractivity contribution in [2.75, 3.05) is 5.32 Å². The second-order valence-electron chi connectivity index (χ2n) is 4.74. The van der Waals surface area contributed by atoms with Gasteiger partial charge in [-0.2, -0.15) is 0 Å². The number of rotatable bonds is 2. The summed E-state index contributed by atoms with van der Waals surface area (Å²) < 4.78 is 5.13. The lowest BCUT2D eigenvalue weighted by atomic mass is 10.2. The van der Waals surface area contributed by atoms with Crippen molar-refractivity contribution in [2.45, 2.75) is 38.2 Å². The van der Waals surface area contributed by atoms with Crippen molar-refractivity contribution in [1.29, 1.82) is 0 Å². The number of thioether (sulfide) groups is 1. The molecule has 1 aromatic rings. The first kappa shape index (κ1) is 14.6. The number of benzene rings is 1. The molecule has 0 aliphatic carbocycles. The first-order chi connectivity index (χ1) is 8.26. The molecule has 0 aliphatic rings. The summed E-state index contributed by atoms with van der Waals surface area (Å²) in [6.07, 6.45) is -0.491. The molecule has 0 aromatic heterocycles. The highest BCUT2D eigenvalue weighted by molar-refractivity contribution is 8.13. The molecule has 0 unspecified atom stereocenters. The Morgan fingerprint density at radius 1 is 1.17 bits per heavy atom. The number of anilines is 1. The molecular formula is C13H17NO3S. The van der Waals surface area contributed by atoms with E-state index in [1.54, 1.807) is 45.0 Å². The van der Waals surface area contributed by atoms with E-state index in [0.717, 1.165) is 16.7 Å². The quantitative estimate of drug-likeness (QED) is 0.831. The summed E-state index contributed by atoms with van der Waals surface area (Å²) >= 11 is 1.15. The van der Waals surface area contributed by atoms with Gasteiger partial charge in [0.25, 0.3) is 0 Å². The molecule has 1 amide bonds. The molecule has 0 atom stereocenters. The molecule has 1 aromatic carbocycles. The predicted molar refractivity (Wildman–Crippen MR) is 72.8 cm³/mol. The number of nitrogens with one attached hydrogen (secondary N) is 1. The van der Waals surface area contributed by atoms with Crippen LogP contribution in [0.25, 0.3) is 0 Å². The lowest BCUT2D eigenvalue weighted by Gasteiger charge is -2.19. The molecule has 0 heterocycles. The van der Waals surface area contributed by atoms with Gasteiger partial charge in [-0.25, -0.2) is 4.79 Å². The van der Waals surface area contributed by atoms with Crippen molar-refractivity contribution in [3.8, 4) is 0 Å². The highest BCUT2D eigenvalue weighted by atomic mass is 32.2. The summed E-state index contributed by atoms with van der Waals surface area (Å²) in [5, 5.41) is 2.65. The maximum Gasteiger partial charge on any atom is 0.412 e. The fourth-order valence-corrected chi connectivity index (χ4v) is 1.80. The van der Waals surface area contributed by atoms with E-state index in [0.29, 0.717) is 5.69 Å². The van der Waals surface area contributed by atoms with Crippen molar-refractivity contribution in [1.82, 2.24) is 0 Å². The van der Waals surface area contributed by atoms with Crippen LogP contribution in [0.2, 0.25) is 0 Å². The number of carbonyl (C=O) groups excluding carboxylic acids is 2. The maximum absolute atomic E-state index is 11.5. The summed E-state index contributed by atoms with van der Waals surface area (Å²) in [6, 6.07) is 7.02. The van der Waals surface area contributed by atoms with E-state index in [-0.39, 0.29) is 5.12 Å². The minimum Gasteiger partial charge on any atom is -0.444 e. The van der Waals surface area contributed by atoms with Gasteiger partial charge in [-0.15, -0.1) is 0 Å². The van der Waals surface area contributed by atoms with Crippen LogP contribution in [0.1, 0.15) is 27.7 Å². The van der Waals surface area contributed by atoms with Crippen LogP contribution < -0.4 is 5.32 Å². The van der Waals surface area contributed by atoms with E-state index in [1.165, 1.54) is 6.92 Å². The Hall–Kier alpha value is -1.49. The standard InChI is InChI=1S/C13H17NO3S/c1-9(15)18-11-7-5-10(6-8-11)14-12(16)17-13(2,3)4/h5-8H,1-4H3,(H,14,16). The van der Waals surface area contributed by atoms with Crippen LogP contribution in [-0.4, -0.2) is 16.8 Å². The van der Waals surface area contributed by atoms with Crippen molar-refractivity contribution in [3.05, 3.63) is 24.3 Å². The Kier molecular flexibility index (Phi) is 4.78. The number of ether oxygens (including phenoxy) is 1. The second-order valence-corrected chi connectivity index (χ2v) is 6.00. The summed E-state index contributed by atoms with van der Waals surface area (Å²) in [5.74, 6) is 0. The highest BCUT2D eigenvalue weighted by Crippen LogP contribution is 2.21. The van der Waals surface area contributed by atoms with Gasteiger partial charge in [0.1, 0.15) is 5.60 Å². The summed E-state index contributed by atoms with van der Waals surface area (Å²) in [4.78, 5) is 23.2. The lowest BCUT2D eigenvalue weighted by molar-refractivity contribution is -0.109. The SMILES string of the molecule is CC(=O)Sc1ccc(NC(=O)OC(C)(C)C)cc1. The minimum atomic E-state index is -0.519. The zero-order valence-corrected chi connectivity index (χ0v) is 11.8. The van der Waals surface area contributed by atoms with Gasteiger partial charge in [0.15, 0.2) is 5.12 Å². The Bertz CT molecular complexity index is 435. The smallest absolute Gasteiger partial charge is 0.412 e. The van der Waals surface area contributed by atoms with Crippen molar-refractivity contribution < 1.29 is 14.3 Å². The van der Waals surface area contributed by atoms with E-state index in [1.807, 2.05) is 0 Å². The Morgan fingerprint density at radius 2 is 1.72 bits per heavy atom. The molecule has 0 bridgehead atoms. The zero-order valence-electron chi connectivity index (χ0n) is 10.9. The van der Waals surface area contributed by atoms with Gasteiger partial charge >= 0.3 is 6.09 Å². The molecule has 18 heavy (non-hydrogen) atoms. The third kappa shape index (κ3) is 5.72. The van der Waals surface area contributed by atoms with Gasteiger partial charge in [-0.3, -0.25) is 10.1 Å². The van der Waals surface area contributed by atoms with Crippen molar-refractivity contribution >= 4 is 28.7 Å². The summed E-state index contributed by atoms with van der Waals surface area (Å²) in [6.45, 7) is 6.93. The number of hydrogen-bond donors (Lipinski definition) is 1. The van der Waals surface area contributed by atoms with Gasteiger partial charge in [0, 0.05) is 17.5 Å². The van der Waals surface area contributed by atoms with Gasteiger partial charge in [0.2, 0.25) is 0 Å². The van der Waals surface area contributed by atoms with E-state index in [4.69, 9.17) is 4.74 Å². The van der Waals surface area contributed by atoms with Crippen molar-refractivity contribution in [3.63, 3.8) is 0 Å². The molecule has 5 heteroatoms. The van der Waals surface area contributed by atoms with Gasteiger partial charge < -0.3 is 4.74 Å². The molecule has 0 radical (unpaired) electrons. The third-order valence-corrected chi connectivity index (χ3v) is 2.56. The van der Waals surface area contributed by atoms with Crippen LogP contribution in [0.3, 0.4) is 0 Å². The first-order valence-electron chi connectivity index (χ1n) is 5.55. The second kappa shape index (κ2) is 5.91. The monoisotopic (exact) mass is 267 g/mol. The summed E-state index contributed by atoms with van der Waals surface area (Å²) in [5.41, 5.74) is 0.117. The first-order valence-corrected chi connectivity index (χ1v) is 6.36. The molecule has 0 saturated carbocycles. The molecule has 0 saturated heterocycles. The molecule has 1 N–H and O–H groups in total. The normalized spacial score (nSPS) is 10.9. The third-order valence-electron chi connectivity index (χ3n) is 1.76. The number of hydrogen-bond acceptors (Lipinski definition) is 4. The molecule has 98 valence electrons. The van der Waals surface area contributed by atoms with E-state index in [2.05, 4.69) is 5.32 Å². The van der Waals surface area contributed by atoms with E-state index < -0.39 is 11.7 Å². The summed E-state index contributed by atoms with van der Waals surface area (Å²) in [7, 11) is 0. The number of amides is 1. The Labute approximate surface area is 111 Å². The topological polar surface area (TPSA) is 55.4 Å². The molecular weight excluding hydrogens is 250 g/mol. The van der Waals surface area contributed by atoms with Crippen LogP contribution >= 0.6 is 11.8 Å². The van der Waals surface area contributed by atoms with E-state index in [9.17, 15) is 9.59 Å². The Morgan fingerprint density at radius 3 is 2.17 bits per heavy atom. The molecule has 1 rings (SSSR count). The molecule has 0 spiro atoms. The van der Waals surface area contributed by atoms with Crippen LogP contribution in [0.5, 0.6) is 0 Å². The Balaban J connectivity index is 2.58. The largest absolute Gasteiger partial charge is 0.444 e. The average Bonchev–Trinajstić information content (AvgIpc) is 2.17. The molecule has 0 aliphatic heterocycles. The predicted octanol–water partition coefficient (Wildman–Crippen LogP) is 3.67. The maximum atomic E-state index is 11.5. The fraction of sp³-hybridized carbons (Fsp3) is 0.385. The van der Waals surface area contributed by atoms with Crippen LogP contribution in [0.4, 0.5) is 10.5 Å². The average molecular weight is 267 g/mol.